The van der Waals surface area contributed by atoms with Crippen molar-refractivity contribution in [1.29, 1.82) is 0 Å². The number of hydrogen-bond donors (Lipinski definition) is 2. The number of alkyl halides is 3. The fraction of sp³-hybridized carbons (Fsp3) is 0.156. The van der Waals surface area contributed by atoms with Gasteiger partial charge in [-0.15, -0.1) is 13.2 Å². The molecule has 45 heavy (non-hydrogen) atoms. The molecule has 1 unspecified atom stereocenters. The van der Waals surface area contributed by atoms with Crippen LogP contribution < -0.4 is 20.6 Å². The van der Waals surface area contributed by atoms with E-state index in [1.54, 1.807) is 17.6 Å². The van der Waals surface area contributed by atoms with Gasteiger partial charge in [-0.1, -0.05) is 60.3 Å². The van der Waals surface area contributed by atoms with Gasteiger partial charge in [-0.3, -0.25) is 10.4 Å². The molecule has 0 spiro atoms. The van der Waals surface area contributed by atoms with Crippen LogP contribution in [0.15, 0.2) is 100 Å². The maximum atomic E-state index is 14.2. The zero-order valence-electron chi connectivity index (χ0n) is 24.0. The predicted octanol–water partition coefficient (Wildman–Crippen LogP) is 8.08. The van der Waals surface area contributed by atoms with Crippen molar-refractivity contribution in [3.8, 4) is 5.75 Å². The van der Waals surface area contributed by atoms with Crippen LogP contribution >= 0.6 is 11.8 Å². The van der Waals surface area contributed by atoms with Gasteiger partial charge in [0.15, 0.2) is 5.17 Å². The van der Waals surface area contributed by atoms with Gasteiger partial charge in [-0.2, -0.15) is 10.5 Å². The Hall–Kier alpha value is -4.75. The minimum Gasteiger partial charge on any atom is -0.406 e. The lowest BCUT2D eigenvalue weighted by atomic mass is 10.1. The standard InChI is InChI=1S/C32H27F5N6OS/c1-20-5-3-6-21(2)29(20)40-31(45-18-26-27(33)7-4-8-28(26)34)41-39-17-22-9-11-23(12-10-22)30-38-19-43(42-30)24-13-15-25(16-14-24)44-32(35,36)37/h3-17,19,30,42H,18H2,1-2H3,(H,40,41)/b39-17+. The van der Waals surface area contributed by atoms with Crippen LogP contribution in [0.5, 0.6) is 5.75 Å². The van der Waals surface area contributed by atoms with Gasteiger partial charge in [0.1, 0.15) is 29.9 Å². The number of para-hydroxylation sites is 1. The van der Waals surface area contributed by atoms with Crippen LogP contribution in [0.3, 0.4) is 0 Å². The van der Waals surface area contributed by atoms with E-state index >= 15 is 0 Å². The molecule has 0 saturated carbocycles. The maximum absolute atomic E-state index is 14.2. The van der Waals surface area contributed by atoms with Gasteiger partial charge in [-0.25, -0.2) is 18.8 Å². The van der Waals surface area contributed by atoms with Crippen molar-refractivity contribution < 1.29 is 26.7 Å². The molecule has 0 amide bonds. The fourth-order valence-electron chi connectivity index (χ4n) is 4.35. The molecule has 0 aliphatic carbocycles. The van der Waals surface area contributed by atoms with Crippen molar-refractivity contribution in [2.75, 3.05) is 5.01 Å². The SMILES string of the molecule is Cc1cccc(C)c1N=C(N/N=C/c1ccc(C2N=CN(c3ccc(OC(F)(F)F)cc3)N2)cc1)SCc1c(F)cccc1F. The zero-order valence-corrected chi connectivity index (χ0v) is 24.8. The third kappa shape index (κ3) is 8.46. The van der Waals surface area contributed by atoms with Gasteiger partial charge in [-0.05, 0) is 72.5 Å². The van der Waals surface area contributed by atoms with Crippen molar-refractivity contribution in [2.45, 2.75) is 32.1 Å². The molecule has 0 aromatic heterocycles. The Morgan fingerprint density at radius 2 is 1.60 bits per heavy atom. The van der Waals surface area contributed by atoms with Gasteiger partial charge in [0.05, 0.1) is 17.6 Å². The zero-order chi connectivity index (χ0) is 32.0. The molecule has 1 aliphatic rings. The first-order chi connectivity index (χ1) is 21.6. The summed E-state index contributed by atoms with van der Waals surface area (Å²) in [7, 11) is 0. The Balaban J connectivity index is 1.23. The fourth-order valence-corrected chi connectivity index (χ4v) is 5.18. The summed E-state index contributed by atoms with van der Waals surface area (Å²) in [5.41, 5.74) is 10.9. The van der Waals surface area contributed by atoms with Crippen LogP contribution in [0, 0.1) is 25.5 Å². The molecule has 232 valence electrons. The summed E-state index contributed by atoms with van der Waals surface area (Å²) >= 11 is 1.13. The molecule has 4 aromatic carbocycles. The molecule has 1 aliphatic heterocycles. The summed E-state index contributed by atoms with van der Waals surface area (Å²) in [6.07, 6.45) is -2.03. The minimum absolute atomic E-state index is 0.0108. The highest BCUT2D eigenvalue weighted by Gasteiger charge is 2.31. The van der Waals surface area contributed by atoms with Crippen LogP contribution in [0.2, 0.25) is 0 Å². The predicted molar refractivity (Wildman–Crippen MR) is 168 cm³/mol. The second-order valence-corrected chi connectivity index (χ2v) is 10.9. The Morgan fingerprint density at radius 3 is 2.24 bits per heavy atom. The Labute approximate surface area is 260 Å². The van der Waals surface area contributed by atoms with Crippen molar-refractivity contribution >= 4 is 40.9 Å². The van der Waals surface area contributed by atoms with E-state index in [1.165, 1.54) is 42.5 Å². The van der Waals surface area contributed by atoms with Gasteiger partial charge in [0.25, 0.3) is 0 Å². The van der Waals surface area contributed by atoms with Crippen LogP contribution in [0.4, 0.5) is 33.3 Å². The number of ether oxygens (including phenoxy) is 1. The molecule has 4 aromatic rings. The van der Waals surface area contributed by atoms with Crippen LogP contribution in [-0.4, -0.2) is 24.1 Å². The van der Waals surface area contributed by atoms with E-state index in [1.807, 2.05) is 56.3 Å². The summed E-state index contributed by atoms with van der Waals surface area (Å²) in [4.78, 5) is 9.14. The molecule has 0 radical (unpaired) electrons. The Kier molecular flexibility index (Phi) is 9.79. The number of thioether (sulfide) groups is 1. The van der Waals surface area contributed by atoms with Crippen LogP contribution in [-0.2, 0) is 5.75 Å². The molecule has 2 N–H and O–H groups in total. The minimum atomic E-state index is -4.76. The molecule has 5 rings (SSSR count). The molecular weight excluding hydrogens is 611 g/mol. The third-order valence-corrected chi connectivity index (χ3v) is 7.52. The summed E-state index contributed by atoms with van der Waals surface area (Å²) in [5.74, 6) is -1.56. The highest BCUT2D eigenvalue weighted by molar-refractivity contribution is 8.13. The second kappa shape index (κ2) is 13.9. The highest BCUT2D eigenvalue weighted by atomic mass is 32.2. The number of amidine groups is 1. The van der Waals surface area contributed by atoms with Crippen LogP contribution in [0.1, 0.15) is 34.0 Å². The Bertz CT molecular complexity index is 1690. The molecule has 13 heteroatoms. The molecule has 1 heterocycles. The van der Waals surface area contributed by atoms with Gasteiger partial charge >= 0.3 is 6.36 Å². The number of rotatable bonds is 8. The van der Waals surface area contributed by atoms with Crippen LogP contribution in [0.25, 0.3) is 0 Å². The topological polar surface area (TPSA) is 73.6 Å². The number of hydrogen-bond acceptors (Lipinski definition) is 7. The van der Waals surface area contributed by atoms with Crippen molar-refractivity contribution in [3.63, 3.8) is 0 Å². The van der Waals surface area contributed by atoms with Crippen molar-refractivity contribution in [1.82, 2.24) is 10.9 Å². The smallest absolute Gasteiger partial charge is 0.406 e. The lowest BCUT2D eigenvalue weighted by molar-refractivity contribution is -0.274. The molecular formula is C32H27F5N6OS. The summed E-state index contributed by atoms with van der Waals surface area (Å²) in [6.45, 7) is 3.86. The van der Waals surface area contributed by atoms with E-state index < -0.39 is 24.2 Å². The van der Waals surface area contributed by atoms with E-state index in [0.717, 1.165) is 39.7 Å². The summed E-state index contributed by atoms with van der Waals surface area (Å²) in [5, 5.41) is 6.28. The number of halogens is 5. The summed E-state index contributed by atoms with van der Waals surface area (Å²) in [6, 6.07) is 22.4. The first kappa shape index (κ1) is 31.7. The summed E-state index contributed by atoms with van der Waals surface area (Å²) < 4.78 is 69.7. The van der Waals surface area contributed by atoms with E-state index in [-0.39, 0.29) is 17.1 Å². The molecule has 0 bridgehead atoms. The number of anilines is 1. The average Bonchev–Trinajstić information content (AvgIpc) is 3.49. The number of nitrogens with zero attached hydrogens (tertiary/aromatic N) is 4. The van der Waals surface area contributed by atoms with Crippen molar-refractivity contribution in [3.05, 3.63) is 124 Å². The molecule has 0 fully saturated rings. The quantitative estimate of drug-likeness (QED) is 0.0884. The first-order valence-electron chi connectivity index (χ1n) is 13.6. The van der Waals surface area contributed by atoms with Gasteiger partial charge in [0.2, 0.25) is 0 Å². The molecule has 1 atom stereocenters. The van der Waals surface area contributed by atoms with E-state index in [0.29, 0.717) is 10.9 Å². The van der Waals surface area contributed by atoms with Gasteiger partial charge < -0.3 is 4.74 Å². The molecule has 7 nitrogen and oxygen atoms in total. The van der Waals surface area contributed by atoms with E-state index in [9.17, 15) is 22.0 Å². The Morgan fingerprint density at radius 1 is 0.956 bits per heavy atom. The number of hydrazine groups is 1. The number of aliphatic imine (C=N–C) groups is 2. The van der Waals surface area contributed by atoms with E-state index in [4.69, 9.17) is 4.99 Å². The second-order valence-electron chi connectivity index (χ2n) is 9.89. The number of aryl methyl sites for hydroxylation is 2. The van der Waals surface area contributed by atoms with Crippen molar-refractivity contribution in [2.24, 2.45) is 15.1 Å². The largest absolute Gasteiger partial charge is 0.573 e. The number of nitrogens with one attached hydrogen (secondary N) is 2. The van der Waals surface area contributed by atoms with E-state index in [2.05, 4.69) is 25.7 Å². The molecule has 0 saturated heterocycles. The maximum Gasteiger partial charge on any atom is 0.573 e. The third-order valence-electron chi connectivity index (χ3n) is 6.63. The lowest BCUT2D eigenvalue weighted by Crippen LogP contribution is -2.33. The normalized spacial score (nSPS) is 15.2. The number of benzene rings is 4. The van der Waals surface area contributed by atoms with Gasteiger partial charge in [0, 0.05) is 11.3 Å². The average molecular weight is 639 g/mol. The highest BCUT2D eigenvalue weighted by Crippen LogP contribution is 2.28. The number of hydrazone groups is 1. The lowest BCUT2D eigenvalue weighted by Gasteiger charge is -2.18. The first-order valence-corrected chi connectivity index (χ1v) is 14.6. The monoisotopic (exact) mass is 638 g/mol.